The van der Waals surface area contributed by atoms with Gasteiger partial charge in [-0.25, -0.2) is 9.97 Å². The normalized spacial score (nSPS) is 12.2. The van der Waals surface area contributed by atoms with Crippen LogP contribution in [-0.4, -0.2) is 33.0 Å². The van der Waals surface area contributed by atoms with E-state index in [1.807, 2.05) is 13.8 Å². The van der Waals surface area contributed by atoms with Gasteiger partial charge in [0.1, 0.15) is 10.8 Å². The Morgan fingerprint density at radius 2 is 2.06 bits per heavy atom. The van der Waals surface area contributed by atoms with Gasteiger partial charge in [0.2, 0.25) is 0 Å². The van der Waals surface area contributed by atoms with Crippen molar-refractivity contribution in [3.63, 3.8) is 0 Å². The summed E-state index contributed by atoms with van der Waals surface area (Å²) in [7, 11) is 0. The Balaban J connectivity index is 2.72. The Morgan fingerprint density at radius 1 is 1.39 bits per heavy atom. The van der Waals surface area contributed by atoms with Crippen molar-refractivity contribution in [2.75, 3.05) is 0 Å². The summed E-state index contributed by atoms with van der Waals surface area (Å²) in [5, 5.41) is 11.6. The highest BCUT2D eigenvalue weighted by Gasteiger charge is 2.20. The van der Waals surface area contributed by atoms with Crippen LogP contribution in [0.25, 0.3) is 0 Å². The molecule has 1 rings (SSSR count). The van der Waals surface area contributed by atoms with Gasteiger partial charge in [-0.15, -0.1) is 0 Å². The molecule has 98 valence electrons. The summed E-state index contributed by atoms with van der Waals surface area (Å²) in [6.07, 6.45) is 2.37. The lowest BCUT2D eigenvalue weighted by atomic mass is 10.0. The molecule has 1 unspecified atom stereocenters. The number of hydrogen-bond donors (Lipinski definition) is 2. The number of nitrogens with zero attached hydrogens (tertiary/aromatic N) is 2. The van der Waals surface area contributed by atoms with Crippen molar-refractivity contribution in [2.45, 2.75) is 26.3 Å². The van der Waals surface area contributed by atoms with Crippen LogP contribution in [0.3, 0.4) is 0 Å². The summed E-state index contributed by atoms with van der Waals surface area (Å²) in [4.78, 5) is 30.0. The third-order valence-corrected chi connectivity index (χ3v) is 2.56. The molecule has 1 aromatic heterocycles. The van der Waals surface area contributed by atoms with Crippen LogP contribution in [0.5, 0.6) is 0 Å². The average molecular weight is 272 g/mol. The Bertz CT molecular complexity index is 434. The monoisotopic (exact) mass is 271 g/mol. The molecule has 0 spiro atoms. The zero-order valence-corrected chi connectivity index (χ0v) is 10.8. The molecular formula is C11H14ClN3O3. The van der Waals surface area contributed by atoms with Crippen LogP contribution in [-0.2, 0) is 4.79 Å². The Labute approximate surface area is 109 Å². The second kappa shape index (κ2) is 6.30. The number of nitrogens with one attached hydrogen (secondary N) is 1. The standard InChI is InChI=1S/C11H14ClN3O3/c1-6(2)7(3-10(16)17)15-11(18)8-4-14-9(12)5-13-8/h4-7H,3H2,1-2H3,(H,15,18)(H,16,17). The van der Waals surface area contributed by atoms with Crippen LogP contribution in [0.4, 0.5) is 0 Å². The van der Waals surface area contributed by atoms with E-state index in [4.69, 9.17) is 16.7 Å². The Hall–Kier alpha value is -1.69. The Kier molecular flexibility index (Phi) is 5.03. The molecule has 1 atom stereocenters. The van der Waals surface area contributed by atoms with Crippen molar-refractivity contribution in [1.29, 1.82) is 0 Å². The summed E-state index contributed by atoms with van der Waals surface area (Å²) in [6.45, 7) is 3.67. The first-order chi connectivity index (χ1) is 8.40. The van der Waals surface area contributed by atoms with E-state index < -0.39 is 17.9 Å². The number of halogens is 1. The summed E-state index contributed by atoms with van der Waals surface area (Å²) >= 11 is 5.56. The highest BCUT2D eigenvalue weighted by molar-refractivity contribution is 6.29. The number of carboxylic acid groups (broad SMARTS) is 1. The van der Waals surface area contributed by atoms with E-state index in [9.17, 15) is 9.59 Å². The van der Waals surface area contributed by atoms with Gasteiger partial charge in [-0.1, -0.05) is 25.4 Å². The lowest BCUT2D eigenvalue weighted by Gasteiger charge is -2.20. The highest BCUT2D eigenvalue weighted by atomic mass is 35.5. The number of carbonyl (C=O) groups is 2. The second-order valence-electron chi connectivity index (χ2n) is 4.15. The number of amides is 1. The quantitative estimate of drug-likeness (QED) is 0.843. The van der Waals surface area contributed by atoms with E-state index in [0.29, 0.717) is 0 Å². The fraction of sp³-hybridized carbons (Fsp3) is 0.455. The Morgan fingerprint density at radius 3 is 2.50 bits per heavy atom. The summed E-state index contributed by atoms with van der Waals surface area (Å²) in [5.74, 6) is -1.42. The van der Waals surface area contributed by atoms with Crippen LogP contribution in [0, 0.1) is 5.92 Å². The van der Waals surface area contributed by atoms with Gasteiger partial charge in [0.15, 0.2) is 0 Å². The maximum atomic E-state index is 11.8. The first kappa shape index (κ1) is 14.4. The van der Waals surface area contributed by atoms with Crippen LogP contribution in [0.15, 0.2) is 12.4 Å². The van der Waals surface area contributed by atoms with E-state index in [1.54, 1.807) is 0 Å². The molecule has 0 saturated carbocycles. The molecule has 1 heterocycles. The molecule has 0 aliphatic heterocycles. The summed E-state index contributed by atoms with van der Waals surface area (Å²) < 4.78 is 0. The van der Waals surface area contributed by atoms with E-state index in [2.05, 4.69) is 15.3 Å². The van der Waals surface area contributed by atoms with Crippen LogP contribution in [0.1, 0.15) is 30.8 Å². The predicted octanol–water partition coefficient (Wildman–Crippen LogP) is 1.36. The topological polar surface area (TPSA) is 92.2 Å². The van der Waals surface area contributed by atoms with Gasteiger partial charge in [0, 0.05) is 6.04 Å². The molecular weight excluding hydrogens is 258 g/mol. The van der Waals surface area contributed by atoms with Crippen LogP contribution in [0.2, 0.25) is 5.15 Å². The SMILES string of the molecule is CC(C)C(CC(=O)O)NC(=O)c1cnc(Cl)cn1. The maximum Gasteiger partial charge on any atom is 0.305 e. The van der Waals surface area contributed by atoms with Crippen LogP contribution < -0.4 is 5.32 Å². The first-order valence-corrected chi connectivity index (χ1v) is 5.78. The number of aliphatic carboxylic acids is 1. The molecule has 0 saturated heterocycles. The van der Waals surface area contributed by atoms with E-state index >= 15 is 0 Å². The third kappa shape index (κ3) is 4.29. The summed E-state index contributed by atoms with van der Waals surface area (Å²) in [6, 6.07) is -0.451. The van der Waals surface area contributed by atoms with E-state index in [-0.39, 0.29) is 23.2 Å². The fourth-order valence-electron chi connectivity index (χ4n) is 1.31. The van der Waals surface area contributed by atoms with Gasteiger partial charge < -0.3 is 10.4 Å². The van der Waals surface area contributed by atoms with Gasteiger partial charge in [-0.05, 0) is 5.92 Å². The molecule has 0 radical (unpaired) electrons. The minimum absolute atomic E-state index is 0.00492. The molecule has 1 amide bonds. The average Bonchev–Trinajstić information content (AvgIpc) is 2.28. The highest BCUT2D eigenvalue weighted by Crippen LogP contribution is 2.08. The minimum atomic E-state index is -0.962. The molecule has 1 aromatic rings. The maximum absolute atomic E-state index is 11.8. The van der Waals surface area contributed by atoms with Gasteiger partial charge in [-0.3, -0.25) is 9.59 Å². The molecule has 7 heteroatoms. The third-order valence-electron chi connectivity index (χ3n) is 2.37. The molecule has 0 aromatic carbocycles. The minimum Gasteiger partial charge on any atom is -0.481 e. The fourth-order valence-corrected chi connectivity index (χ4v) is 1.41. The number of hydrogen-bond acceptors (Lipinski definition) is 4. The summed E-state index contributed by atoms with van der Waals surface area (Å²) in [5.41, 5.74) is 0.107. The molecule has 0 bridgehead atoms. The molecule has 0 aliphatic carbocycles. The van der Waals surface area contributed by atoms with Gasteiger partial charge >= 0.3 is 5.97 Å². The molecule has 0 fully saturated rings. The predicted molar refractivity (Wildman–Crippen MR) is 65.4 cm³/mol. The van der Waals surface area contributed by atoms with E-state index in [1.165, 1.54) is 12.4 Å². The largest absolute Gasteiger partial charge is 0.481 e. The van der Waals surface area contributed by atoms with Gasteiger partial charge in [-0.2, -0.15) is 0 Å². The molecule has 18 heavy (non-hydrogen) atoms. The molecule has 0 aliphatic rings. The zero-order chi connectivity index (χ0) is 13.7. The molecule has 2 N–H and O–H groups in total. The lowest BCUT2D eigenvalue weighted by Crippen LogP contribution is -2.40. The first-order valence-electron chi connectivity index (χ1n) is 5.40. The van der Waals surface area contributed by atoms with Crippen molar-refractivity contribution >= 4 is 23.5 Å². The number of rotatable bonds is 5. The smallest absolute Gasteiger partial charge is 0.305 e. The van der Waals surface area contributed by atoms with Crippen molar-refractivity contribution in [3.05, 3.63) is 23.2 Å². The zero-order valence-electron chi connectivity index (χ0n) is 10.1. The molecule has 6 nitrogen and oxygen atoms in total. The van der Waals surface area contributed by atoms with E-state index in [0.717, 1.165) is 0 Å². The number of carbonyl (C=O) groups excluding carboxylic acids is 1. The number of aromatic nitrogens is 2. The van der Waals surface area contributed by atoms with Gasteiger partial charge in [0.05, 0.1) is 18.8 Å². The van der Waals surface area contributed by atoms with Crippen molar-refractivity contribution in [2.24, 2.45) is 5.92 Å². The number of carboxylic acids is 1. The lowest BCUT2D eigenvalue weighted by molar-refractivity contribution is -0.137. The van der Waals surface area contributed by atoms with Crippen LogP contribution >= 0.6 is 11.6 Å². The van der Waals surface area contributed by atoms with Crippen molar-refractivity contribution in [1.82, 2.24) is 15.3 Å². The van der Waals surface area contributed by atoms with Gasteiger partial charge in [0.25, 0.3) is 5.91 Å². The second-order valence-corrected chi connectivity index (χ2v) is 4.53. The van der Waals surface area contributed by atoms with Crippen molar-refractivity contribution in [3.8, 4) is 0 Å². The van der Waals surface area contributed by atoms with Crippen molar-refractivity contribution < 1.29 is 14.7 Å².